The second-order valence-electron chi connectivity index (χ2n) is 3.79. The molecule has 0 saturated heterocycles. The number of ether oxygens (including phenoxy) is 1. The average molecular weight is 267 g/mol. The molecule has 1 aromatic heterocycles. The van der Waals surface area contributed by atoms with Crippen LogP contribution in [0.15, 0.2) is 41.8 Å². The zero-order valence-corrected chi connectivity index (χ0v) is 11.1. The number of hydrogen-bond acceptors (Lipinski definition) is 2. The van der Waals surface area contributed by atoms with Crippen LogP contribution in [0.1, 0.15) is 16.9 Å². The Labute approximate surface area is 111 Å². The third kappa shape index (κ3) is 4.06. The first-order valence-corrected chi connectivity index (χ1v) is 7.10. The van der Waals surface area contributed by atoms with E-state index >= 15 is 0 Å². The fourth-order valence-electron chi connectivity index (χ4n) is 1.56. The van der Waals surface area contributed by atoms with Crippen molar-refractivity contribution < 1.29 is 4.74 Å². The lowest BCUT2D eigenvalue weighted by atomic mass is 10.1. The van der Waals surface area contributed by atoms with E-state index in [4.69, 9.17) is 16.3 Å². The summed E-state index contributed by atoms with van der Waals surface area (Å²) >= 11 is 7.39. The van der Waals surface area contributed by atoms with Crippen LogP contribution in [0.25, 0.3) is 0 Å². The summed E-state index contributed by atoms with van der Waals surface area (Å²) in [6.45, 7) is 0.688. The Morgan fingerprint density at radius 1 is 1.12 bits per heavy atom. The van der Waals surface area contributed by atoms with Crippen molar-refractivity contribution in [1.29, 1.82) is 0 Å². The minimum absolute atomic E-state index is 0.649. The molecule has 0 spiro atoms. The van der Waals surface area contributed by atoms with Crippen LogP contribution in [0.2, 0.25) is 0 Å². The highest BCUT2D eigenvalue weighted by molar-refractivity contribution is 7.09. The summed E-state index contributed by atoms with van der Waals surface area (Å²) in [4.78, 5) is 1.39. The van der Waals surface area contributed by atoms with Crippen LogP contribution >= 0.6 is 22.9 Å². The van der Waals surface area contributed by atoms with Gasteiger partial charge in [-0.2, -0.15) is 0 Å². The molecule has 90 valence electrons. The molecule has 0 amide bonds. The van der Waals surface area contributed by atoms with Gasteiger partial charge in [-0.1, -0.05) is 18.2 Å². The molecule has 17 heavy (non-hydrogen) atoms. The molecule has 0 atom stereocenters. The minimum Gasteiger partial charge on any atom is -0.494 e. The zero-order valence-electron chi connectivity index (χ0n) is 9.56. The second-order valence-corrected chi connectivity index (χ2v) is 5.20. The molecule has 2 aromatic rings. The van der Waals surface area contributed by atoms with E-state index in [1.165, 1.54) is 10.4 Å². The van der Waals surface area contributed by atoms with E-state index < -0.39 is 0 Å². The summed E-state index contributed by atoms with van der Waals surface area (Å²) in [7, 11) is 0. The predicted molar refractivity (Wildman–Crippen MR) is 74.4 cm³/mol. The highest BCUT2D eigenvalue weighted by Crippen LogP contribution is 2.18. The fraction of sp³-hybridized carbons (Fsp3) is 0.286. The van der Waals surface area contributed by atoms with Crippen molar-refractivity contribution in [3.05, 3.63) is 52.2 Å². The summed E-state index contributed by atoms with van der Waals surface area (Å²) in [5.74, 6) is 1.57. The highest BCUT2D eigenvalue weighted by Gasteiger charge is 1.98. The van der Waals surface area contributed by atoms with Gasteiger partial charge in [0, 0.05) is 17.2 Å². The van der Waals surface area contributed by atoms with Crippen molar-refractivity contribution in [2.24, 2.45) is 0 Å². The molecule has 1 aromatic carbocycles. The van der Waals surface area contributed by atoms with E-state index in [-0.39, 0.29) is 0 Å². The standard InChI is InChI=1S/C14H15ClOS/c15-8-2-9-16-13-6-4-12(5-7-13)11-14-3-1-10-17-14/h1,3-7,10H,2,8-9,11H2. The molecule has 1 nitrogen and oxygen atoms in total. The molecule has 3 heteroatoms. The van der Waals surface area contributed by atoms with Crippen LogP contribution in [-0.2, 0) is 6.42 Å². The molecule has 2 rings (SSSR count). The number of rotatable bonds is 6. The number of thiophene rings is 1. The summed E-state index contributed by atoms with van der Waals surface area (Å²) in [6.07, 6.45) is 1.89. The van der Waals surface area contributed by atoms with E-state index in [1.807, 2.05) is 12.1 Å². The van der Waals surface area contributed by atoms with Crippen LogP contribution in [0.4, 0.5) is 0 Å². The van der Waals surface area contributed by atoms with Gasteiger partial charge in [-0.05, 0) is 35.6 Å². The number of alkyl halides is 1. The van der Waals surface area contributed by atoms with Crippen LogP contribution in [0.5, 0.6) is 5.75 Å². The predicted octanol–water partition coefficient (Wildman–Crippen LogP) is 4.35. The topological polar surface area (TPSA) is 9.23 Å². The van der Waals surface area contributed by atoms with Crippen molar-refractivity contribution in [2.45, 2.75) is 12.8 Å². The van der Waals surface area contributed by atoms with Gasteiger partial charge in [-0.25, -0.2) is 0 Å². The van der Waals surface area contributed by atoms with E-state index in [9.17, 15) is 0 Å². The summed E-state index contributed by atoms with van der Waals surface area (Å²) < 4.78 is 5.55. The third-order valence-electron chi connectivity index (χ3n) is 2.43. The van der Waals surface area contributed by atoms with E-state index in [1.54, 1.807) is 11.3 Å². The summed E-state index contributed by atoms with van der Waals surface area (Å²) in [5, 5.41) is 2.11. The molecule has 0 aliphatic heterocycles. The first-order chi connectivity index (χ1) is 8.38. The van der Waals surface area contributed by atoms with Crippen molar-refractivity contribution in [3.63, 3.8) is 0 Å². The summed E-state index contributed by atoms with van der Waals surface area (Å²) in [5.41, 5.74) is 1.32. The molecule has 0 radical (unpaired) electrons. The van der Waals surface area contributed by atoms with Gasteiger partial charge < -0.3 is 4.74 Å². The average Bonchev–Trinajstić information content (AvgIpc) is 2.85. The molecule has 0 saturated carbocycles. The molecule has 0 bridgehead atoms. The molecular formula is C14H15ClOS. The molecule has 0 unspecified atom stereocenters. The van der Waals surface area contributed by atoms with Crippen LogP contribution in [0, 0.1) is 0 Å². The van der Waals surface area contributed by atoms with E-state index in [2.05, 4.69) is 29.6 Å². The quantitative estimate of drug-likeness (QED) is 0.558. The lowest BCUT2D eigenvalue weighted by Crippen LogP contribution is -1.97. The Morgan fingerprint density at radius 3 is 2.59 bits per heavy atom. The number of hydrogen-bond donors (Lipinski definition) is 0. The molecule has 1 heterocycles. The lowest BCUT2D eigenvalue weighted by Gasteiger charge is -2.05. The largest absolute Gasteiger partial charge is 0.494 e. The first kappa shape index (κ1) is 12.5. The minimum atomic E-state index is 0.649. The Balaban J connectivity index is 1.89. The van der Waals surface area contributed by atoms with Gasteiger partial charge in [0.25, 0.3) is 0 Å². The van der Waals surface area contributed by atoms with Gasteiger partial charge in [0.15, 0.2) is 0 Å². The van der Waals surface area contributed by atoms with Crippen LogP contribution < -0.4 is 4.74 Å². The van der Waals surface area contributed by atoms with Crippen molar-refractivity contribution >= 4 is 22.9 Å². The lowest BCUT2D eigenvalue weighted by molar-refractivity contribution is 0.318. The van der Waals surface area contributed by atoms with Gasteiger partial charge in [0.2, 0.25) is 0 Å². The van der Waals surface area contributed by atoms with Crippen LogP contribution in [0.3, 0.4) is 0 Å². The Hall–Kier alpha value is -0.990. The maximum atomic E-state index is 5.59. The van der Waals surface area contributed by atoms with Gasteiger partial charge in [-0.15, -0.1) is 22.9 Å². The maximum absolute atomic E-state index is 5.59. The van der Waals surface area contributed by atoms with Crippen LogP contribution in [-0.4, -0.2) is 12.5 Å². The highest BCUT2D eigenvalue weighted by atomic mass is 35.5. The van der Waals surface area contributed by atoms with Crippen molar-refractivity contribution in [3.8, 4) is 5.75 Å². The SMILES string of the molecule is ClCCCOc1ccc(Cc2cccs2)cc1. The van der Waals surface area contributed by atoms with Crippen molar-refractivity contribution in [2.75, 3.05) is 12.5 Å². The molecule has 0 aliphatic carbocycles. The molecule has 0 aliphatic rings. The zero-order chi connectivity index (χ0) is 11.9. The van der Waals surface area contributed by atoms with Gasteiger partial charge in [0.1, 0.15) is 5.75 Å². The molecule has 0 N–H and O–H groups in total. The fourth-order valence-corrected chi connectivity index (χ4v) is 2.41. The second kappa shape index (κ2) is 6.67. The number of benzene rings is 1. The Morgan fingerprint density at radius 2 is 1.94 bits per heavy atom. The van der Waals surface area contributed by atoms with E-state index in [0.717, 1.165) is 18.6 Å². The van der Waals surface area contributed by atoms with Gasteiger partial charge in [0.05, 0.1) is 6.61 Å². The Bertz CT molecular complexity index is 422. The molecular weight excluding hydrogens is 252 g/mol. The first-order valence-electron chi connectivity index (χ1n) is 5.68. The van der Waals surface area contributed by atoms with E-state index in [0.29, 0.717) is 12.5 Å². The smallest absolute Gasteiger partial charge is 0.119 e. The summed E-state index contributed by atoms with van der Waals surface area (Å²) in [6, 6.07) is 12.5. The maximum Gasteiger partial charge on any atom is 0.119 e. The van der Waals surface area contributed by atoms with Gasteiger partial charge >= 0.3 is 0 Å². The van der Waals surface area contributed by atoms with Gasteiger partial charge in [-0.3, -0.25) is 0 Å². The van der Waals surface area contributed by atoms with Crippen molar-refractivity contribution in [1.82, 2.24) is 0 Å². The normalized spacial score (nSPS) is 10.4. The third-order valence-corrected chi connectivity index (χ3v) is 3.57. The molecule has 0 fully saturated rings. The monoisotopic (exact) mass is 266 g/mol. The number of halogens is 1. The Kier molecular flexibility index (Phi) is 4.89.